The van der Waals surface area contributed by atoms with Gasteiger partial charge in [0, 0.05) is 25.5 Å². The highest BCUT2D eigenvalue weighted by atomic mass is 16.5. The van der Waals surface area contributed by atoms with Crippen LogP contribution in [0, 0.1) is 0 Å². The predicted octanol–water partition coefficient (Wildman–Crippen LogP) is 1.90. The van der Waals surface area contributed by atoms with Crippen LogP contribution in [0.5, 0.6) is 0 Å². The summed E-state index contributed by atoms with van der Waals surface area (Å²) in [5.74, 6) is 0.360. The van der Waals surface area contributed by atoms with Crippen LogP contribution in [0.25, 0.3) is 0 Å². The second-order valence-electron chi connectivity index (χ2n) is 4.38. The van der Waals surface area contributed by atoms with Crippen LogP contribution >= 0.6 is 0 Å². The van der Waals surface area contributed by atoms with Crippen molar-refractivity contribution in [2.75, 3.05) is 13.2 Å². The lowest BCUT2D eigenvalue weighted by Crippen LogP contribution is -2.28. The standard InChI is InChI=1S/C12H23NO2/c1-3-13-10(2)9-11(14)6-7-12-5-4-8-15-12/h10,12-13H,3-9H2,1-2H3. The number of Topliss-reactive ketones (excluding diaryl/α,β-unsaturated/α-hetero) is 1. The first-order valence-electron chi connectivity index (χ1n) is 6.09. The van der Waals surface area contributed by atoms with Gasteiger partial charge in [0.15, 0.2) is 0 Å². The van der Waals surface area contributed by atoms with Gasteiger partial charge in [0.05, 0.1) is 6.10 Å². The molecular formula is C12H23NO2. The molecule has 1 aliphatic heterocycles. The van der Waals surface area contributed by atoms with Crippen molar-refractivity contribution in [2.24, 2.45) is 0 Å². The fourth-order valence-corrected chi connectivity index (χ4v) is 2.06. The van der Waals surface area contributed by atoms with Crippen LogP contribution in [0.1, 0.15) is 46.0 Å². The molecule has 0 aromatic carbocycles. The molecule has 3 heteroatoms. The van der Waals surface area contributed by atoms with E-state index in [9.17, 15) is 4.79 Å². The van der Waals surface area contributed by atoms with Gasteiger partial charge >= 0.3 is 0 Å². The van der Waals surface area contributed by atoms with Gasteiger partial charge in [0.2, 0.25) is 0 Å². The minimum Gasteiger partial charge on any atom is -0.378 e. The summed E-state index contributed by atoms with van der Waals surface area (Å²) in [5.41, 5.74) is 0. The summed E-state index contributed by atoms with van der Waals surface area (Å²) < 4.78 is 5.49. The molecule has 15 heavy (non-hydrogen) atoms. The van der Waals surface area contributed by atoms with E-state index in [4.69, 9.17) is 4.74 Å². The molecule has 1 heterocycles. The lowest BCUT2D eigenvalue weighted by atomic mass is 10.0. The average molecular weight is 213 g/mol. The number of hydrogen-bond donors (Lipinski definition) is 1. The van der Waals surface area contributed by atoms with Gasteiger partial charge in [0.25, 0.3) is 0 Å². The molecule has 0 bridgehead atoms. The Labute approximate surface area is 92.6 Å². The van der Waals surface area contributed by atoms with Gasteiger partial charge in [-0.05, 0) is 32.7 Å². The average Bonchev–Trinajstić information content (AvgIpc) is 2.67. The topological polar surface area (TPSA) is 38.3 Å². The Morgan fingerprint density at radius 3 is 3.00 bits per heavy atom. The van der Waals surface area contributed by atoms with Crippen LogP contribution in [-0.4, -0.2) is 31.1 Å². The molecule has 1 aliphatic rings. The van der Waals surface area contributed by atoms with Gasteiger partial charge in [0.1, 0.15) is 5.78 Å². The second kappa shape index (κ2) is 6.96. The lowest BCUT2D eigenvalue weighted by Gasteiger charge is -2.12. The highest BCUT2D eigenvalue weighted by Gasteiger charge is 2.17. The van der Waals surface area contributed by atoms with Crippen LogP contribution in [0.3, 0.4) is 0 Å². The van der Waals surface area contributed by atoms with Crippen molar-refractivity contribution in [2.45, 2.75) is 58.1 Å². The molecule has 0 aromatic rings. The largest absolute Gasteiger partial charge is 0.378 e. The van der Waals surface area contributed by atoms with E-state index in [0.29, 0.717) is 30.8 Å². The zero-order valence-corrected chi connectivity index (χ0v) is 9.92. The molecule has 88 valence electrons. The van der Waals surface area contributed by atoms with E-state index in [-0.39, 0.29) is 0 Å². The van der Waals surface area contributed by atoms with Crippen molar-refractivity contribution in [3.63, 3.8) is 0 Å². The first-order valence-corrected chi connectivity index (χ1v) is 6.09. The number of ether oxygens (including phenoxy) is 1. The van der Waals surface area contributed by atoms with Crippen molar-refractivity contribution in [1.29, 1.82) is 0 Å². The van der Waals surface area contributed by atoms with Gasteiger partial charge in [-0.3, -0.25) is 4.79 Å². The molecule has 1 fully saturated rings. The maximum Gasteiger partial charge on any atom is 0.134 e. The normalized spacial score (nSPS) is 22.9. The fraction of sp³-hybridized carbons (Fsp3) is 0.917. The van der Waals surface area contributed by atoms with Gasteiger partial charge in [-0.25, -0.2) is 0 Å². The summed E-state index contributed by atoms with van der Waals surface area (Å²) in [6.07, 6.45) is 4.89. The fourth-order valence-electron chi connectivity index (χ4n) is 2.06. The molecule has 0 radical (unpaired) electrons. The number of nitrogens with one attached hydrogen (secondary N) is 1. The van der Waals surface area contributed by atoms with E-state index < -0.39 is 0 Å². The van der Waals surface area contributed by atoms with E-state index in [1.807, 2.05) is 0 Å². The highest BCUT2D eigenvalue weighted by Crippen LogP contribution is 2.17. The smallest absolute Gasteiger partial charge is 0.134 e. The van der Waals surface area contributed by atoms with Gasteiger partial charge in [-0.1, -0.05) is 6.92 Å². The SMILES string of the molecule is CCNC(C)CC(=O)CCC1CCCO1. The van der Waals surface area contributed by atoms with Crippen molar-refractivity contribution in [3.05, 3.63) is 0 Å². The molecule has 1 saturated heterocycles. The minimum atomic E-state index is 0.312. The zero-order valence-electron chi connectivity index (χ0n) is 9.92. The molecule has 3 nitrogen and oxygen atoms in total. The summed E-state index contributed by atoms with van der Waals surface area (Å²) in [5, 5.41) is 3.25. The van der Waals surface area contributed by atoms with Gasteiger partial charge in [-0.2, -0.15) is 0 Å². The number of ketones is 1. The van der Waals surface area contributed by atoms with Gasteiger partial charge in [-0.15, -0.1) is 0 Å². The molecule has 0 amide bonds. The molecule has 2 unspecified atom stereocenters. The van der Waals surface area contributed by atoms with E-state index in [1.54, 1.807) is 0 Å². The van der Waals surface area contributed by atoms with E-state index in [0.717, 1.165) is 32.4 Å². The van der Waals surface area contributed by atoms with Crippen molar-refractivity contribution in [1.82, 2.24) is 5.32 Å². The monoisotopic (exact) mass is 213 g/mol. The Hall–Kier alpha value is -0.410. The Kier molecular flexibility index (Phi) is 5.88. The summed E-state index contributed by atoms with van der Waals surface area (Å²) >= 11 is 0. The van der Waals surface area contributed by atoms with Crippen LogP contribution in [0.15, 0.2) is 0 Å². The minimum absolute atomic E-state index is 0.312. The summed E-state index contributed by atoms with van der Waals surface area (Å²) in [6.45, 7) is 5.94. The molecule has 1 N–H and O–H groups in total. The maximum absolute atomic E-state index is 11.6. The van der Waals surface area contributed by atoms with Crippen molar-refractivity contribution >= 4 is 5.78 Å². The second-order valence-corrected chi connectivity index (χ2v) is 4.38. The highest BCUT2D eigenvalue weighted by molar-refractivity contribution is 5.78. The van der Waals surface area contributed by atoms with E-state index >= 15 is 0 Å². The van der Waals surface area contributed by atoms with E-state index in [2.05, 4.69) is 19.2 Å². The molecule has 0 aliphatic carbocycles. The maximum atomic E-state index is 11.6. The molecule has 2 atom stereocenters. The number of carbonyl (C=O) groups is 1. The third-order valence-electron chi connectivity index (χ3n) is 2.86. The number of carbonyl (C=O) groups excluding carboxylic acids is 1. The molecular weight excluding hydrogens is 190 g/mol. The molecule has 0 saturated carbocycles. The van der Waals surface area contributed by atoms with Crippen molar-refractivity contribution < 1.29 is 9.53 Å². The number of rotatable bonds is 7. The molecule has 0 spiro atoms. The Bertz CT molecular complexity index is 188. The first kappa shape index (κ1) is 12.7. The molecule has 0 aromatic heterocycles. The van der Waals surface area contributed by atoms with Crippen LogP contribution in [-0.2, 0) is 9.53 Å². The quantitative estimate of drug-likeness (QED) is 0.702. The Morgan fingerprint density at radius 1 is 1.60 bits per heavy atom. The third kappa shape index (κ3) is 5.28. The van der Waals surface area contributed by atoms with Crippen LogP contribution in [0.2, 0.25) is 0 Å². The Balaban J connectivity index is 2.07. The van der Waals surface area contributed by atoms with Crippen LogP contribution in [0.4, 0.5) is 0 Å². The zero-order chi connectivity index (χ0) is 11.1. The third-order valence-corrected chi connectivity index (χ3v) is 2.86. The Morgan fingerprint density at radius 2 is 2.40 bits per heavy atom. The van der Waals surface area contributed by atoms with Crippen molar-refractivity contribution in [3.8, 4) is 0 Å². The molecule has 1 rings (SSSR count). The van der Waals surface area contributed by atoms with E-state index in [1.165, 1.54) is 0 Å². The van der Waals surface area contributed by atoms with Crippen LogP contribution < -0.4 is 5.32 Å². The number of hydrogen-bond acceptors (Lipinski definition) is 3. The summed E-state index contributed by atoms with van der Waals surface area (Å²) in [6, 6.07) is 0.312. The summed E-state index contributed by atoms with van der Waals surface area (Å²) in [4.78, 5) is 11.6. The lowest BCUT2D eigenvalue weighted by molar-refractivity contribution is -0.120. The first-order chi connectivity index (χ1) is 7.22. The van der Waals surface area contributed by atoms with Gasteiger partial charge < -0.3 is 10.1 Å². The summed E-state index contributed by atoms with van der Waals surface area (Å²) in [7, 11) is 0. The predicted molar refractivity (Wildman–Crippen MR) is 61.0 cm³/mol.